The maximum absolute atomic E-state index is 6.41. The van der Waals surface area contributed by atoms with Crippen molar-refractivity contribution in [2.24, 2.45) is 0 Å². The van der Waals surface area contributed by atoms with Gasteiger partial charge in [0.15, 0.2) is 11.5 Å². The molecule has 1 aliphatic heterocycles. The number of fused-ring (bicyclic) bond motifs is 1. The van der Waals surface area contributed by atoms with E-state index in [2.05, 4.69) is 5.32 Å². The monoisotopic (exact) mass is 389 g/mol. The number of hydrogen-bond donors (Lipinski definition) is 1. The second-order valence-electron chi connectivity index (χ2n) is 5.91. The highest BCUT2D eigenvalue weighted by atomic mass is 35.5. The Labute approximate surface area is 161 Å². The largest absolute Gasteiger partial charge is 0.493 e. The van der Waals surface area contributed by atoms with Crippen molar-refractivity contribution in [3.05, 3.63) is 52.0 Å². The standard InChI is InChI=1S/C19H17Cl2N3O2/c1-25-15-7-6-11(10-16(15)26-2)18-12-8-9-22-19(12)24(23-18)14-5-3-4-13(20)17(14)21/h3-7,10,22H,8-9H2,1-2H3. The van der Waals surface area contributed by atoms with Crippen molar-refractivity contribution in [1.82, 2.24) is 9.78 Å². The minimum atomic E-state index is 0.479. The summed E-state index contributed by atoms with van der Waals surface area (Å²) >= 11 is 12.6. The summed E-state index contributed by atoms with van der Waals surface area (Å²) < 4.78 is 12.6. The number of nitrogens with one attached hydrogen (secondary N) is 1. The van der Waals surface area contributed by atoms with Crippen LogP contribution in [0.2, 0.25) is 10.0 Å². The van der Waals surface area contributed by atoms with Crippen molar-refractivity contribution in [2.75, 3.05) is 26.1 Å². The second kappa shape index (κ2) is 6.74. The van der Waals surface area contributed by atoms with Gasteiger partial charge in [-0.15, -0.1) is 0 Å². The van der Waals surface area contributed by atoms with E-state index in [4.69, 9.17) is 37.8 Å². The van der Waals surface area contributed by atoms with E-state index < -0.39 is 0 Å². The smallest absolute Gasteiger partial charge is 0.161 e. The third-order valence-electron chi connectivity index (χ3n) is 4.47. The summed E-state index contributed by atoms with van der Waals surface area (Å²) in [5.74, 6) is 2.29. The van der Waals surface area contributed by atoms with E-state index in [0.717, 1.165) is 41.3 Å². The molecule has 3 aromatic rings. The van der Waals surface area contributed by atoms with Crippen molar-refractivity contribution in [1.29, 1.82) is 0 Å². The molecule has 1 N–H and O–H groups in total. The fourth-order valence-corrected chi connectivity index (χ4v) is 3.60. The van der Waals surface area contributed by atoms with Crippen LogP contribution in [0.5, 0.6) is 11.5 Å². The van der Waals surface area contributed by atoms with Gasteiger partial charge in [-0.1, -0.05) is 29.3 Å². The molecule has 0 fully saturated rings. The van der Waals surface area contributed by atoms with Crippen LogP contribution in [0.1, 0.15) is 5.56 Å². The highest BCUT2D eigenvalue weighted by Gasteiger charge is 2.25. The first-order valence-corrected chi connectivity index (χ1v) is 8.92. The number of benzene rings is 2. The molecule has 134 valence electrons. The molecule has 26 heavy (non-hydrogen) atoms. The summed E-state index contributed by atoms with van der Waals surface area (Å²) in [5.41, 5.74) is 3.74. The van der Waals surface area contributed by atoms with Crippen LogP contribution >= 0.6 is 23.2 Å². The molecular weight excluding hydrogens is 373 g/mol. The van der Waals surface area contributed by atoms with Crippen molar-refractivity contribution < 1.29 is 9.47 Å². The van der Waals surface area contributed by atoms with E-state index in [-0.39, 0.29) is 0 Å². The Balaban J connectivity index is 1.89. The van der Waals surface area contributed by atoms with Gasteiger partial charge in [-0.25, -0.2) is 4.68 Å². The molecular formula is C19H17Cl2N3O2. The number of hydrogen-bond acceptors (Lipinski definition) is 4. The topological polar surface area (TPSA) is 48.3 Å². The summed E-state index contributed by atoms with van der Waals surface area (Å²) in [4.78, 5) is 0. The first kappa shape index (κ1) is 17.1. The molecule has 1 aliphatic rings. The molecule has 0 bridgehead atoms. The fourth-order valence-electron chi connectivity index (χ4n) is 3.22. The molecule has 0 atom stereocenters. The maximum Gasteiger partial charge on any atom is 0.161 e. The lowest BCUT2D eigenvalue weighted by atomic mass is 10.1. The van der Waals surface area contributed by atoms with Crippen LogP contribution in [0.3, 0.4) is 0 Å². The minimum Gasteiger partial charge on any atom is -0.493 e. The van der Waals surface area contributed by atoms with Gasteiger partial charge in [-0.2, -0.15) is 5.10 Å². The Morgan fingerprint density at radius 3 is 2.65 bits per heavy atom. The Bertz CT molecular complexity index is 985. The number of methoxy groups -OCH3 is 2. The number of ether oxygens (including phenoxy) is 2. The minimum absolute atomic E-state index is 0.479. The van der Waals surface area contributed by atoms with Gasteiger partial charge < -0.3 is 14.8 Å². The van der Waals surface area contributed by atoms with Crippen LogP contribution < -0.4 is 14.8 Å². The predicted octanol–water partition coefficient (Wildman–Crippen LogP) is 4.83. The molecule has 7 heteroatoms. The Hall–Kier alpha value is -2.37. The van der Waals surface area contributed by atoms with Crippen LogP contribution in [-0.4, -0.2) is 30.5 Å². The molecule has 2 heterocycles. The highest BCUT2D eigenvalue weighted by Crippen LogP contribution is 2.39. The number of aromatic nitrogens is 2. The van der Waals surface area contributed by atoms with Crippen LogP contribution in [0.4, 0.5) is 5.82 Å². The zero-order valence-corrected chi connectivity index (χ0v) is 15.9. The van der Waals surface area contributed by atoms with Gasteiger partial charge >= 0.3 is 0 Å². The first-order chi connectivity index (χ1) is 12.6. The SMILES string of the molecule is COc1ccc(-c2nn(-c3cccc(Cl)c3Cl)c3c2CCN3)cc1OC. The van der Waals surface area contributed by atoms with Crippen molar-refractivity contribution >= 4 is 29.0 Å². The summed E-state index contributed by atoms with van der Waals surface area (Å²) in [5, 5.41) is 9.20. The molecule has 4 rings (SSSR count). The number of rotatable bonds is 4. The third kappa shape index (κ3) is 2.68. The van der Waals surface area contributed by atoms with E-state index in [1.54, 1.807) is 20.3 Å². The zero-order chi connectivity index (χ0) is 18.3. The van der Waals surface area contributed by atoms with Crippen LogP contribution in [-0.2, 0) is 6.42 Å². The number of anilines is 1. The number of nitrogens with zero attached hydrogens (tertiary/aromatic N) is 2. The molecule has 0 radical (unpaired) electrons. The lowest BCUT2D eigenvalue weighted by Gasteiger charge is -2.10. The van der Waals surface area contributed by atoms with Gasteiger partial charge in [0.05, 0.1) is 35.6 Å². The molecule has 0 amide bonds. The van der Waals surface area contributed by atoms with Gasteiger partial charge in [0, 0.05) is 17.7 Å². The normalized spacial score (nSPS) is 12.6. The van der Waals surface area contributed by atoms with E-state index >= 15 is 0 Å². The molecule has 0 saturated heterocycles. The summed E-state index contributed by atoms with van der Waals surface area (Å²) in [7, 11) is 3.24. The van der Waals surface area contributed by atoms with E-state index in [0.29, 0.717) is 21.5 Å². The Morgan fingerprint density at radius 1 is 1.08 bits per heavy atom. The molecule has 0 saturated carbocycles. The summed E-state index contributed by atoms with van der Waals surface area (Å²) in [6.45, 7) is 0.853. The van der Waals surface area contributed by atoms with Crippen molar-refractivity contribution in [3.8, 4) is 28.4 Å². The quantitative estimate of drug-likeness (QED) is 0.693. The van der Waals surface area contributed by atoms with Gasteiger partial charge in [0.25, 0.3) is 0 Å². The number of halogens is 2. The lowest BCUT2D eigenvalue weighted by Crippen LogP contribution is -2.05. The molecule has 0 spiro atoms. The van der Waals surface area contributed by atoms with Gasteiger partial charge in [-0.3, -0.25) is 0 Å². The highest BCUT2D eigenvalue weighted by molar-refractivity contribution is 6.43. The van der Waals surface area contributed by atoms with Crippen LogP contribution in [0.15, 0.2) is 36.4 Å². The second-order valence-corrected chi connectivity index (χ2v) is 6.69. The van der Waals surface area contributed by atoms with E-state index in [9.17, 15) is 0 Å². The summed E-state index contributed by atoms with van der Waals surface area (Å²) in [6.07, 6.45) is 0.886. The third-order valence-corrected chi connectivity index (χ3v) is 5.28. The maximum atomic E-state index is 6.41. The molecule has 2 aromatic carbocycles. The average Bonchev–Trinajstić information content (AvgIpc) is 3.26. The van der Waals surface area contributed by atoms with Gasteiger partial charge in [0.1, 0.15) is 5.82 Å². The van der Waals surface area contributed by atoms with Crippen LogP contribution in [0, 0.1) is 0 Å². The van der Waals surface area contributed by atoms with Crippen molar-refractivity contribution in [3.63, 3.8) is 0 Å². The van der Waals surface area contributed by atoms with Gasteiger partial charge in [-0.05, 0) is 36.8 Å². The Kier molecular flexibility index (Phi) is 4.42. The molecule has 5 nitrogen and oxygen atoms in total. The predicted molar refractivity (Wildman–Crippen MR) is 104 cm³/mol. The van der Waals surface area contributed by atoms with Crippen molar-refractivity contribution in [2.45, 2.75) is 6.42 Å². The fraction of sp³-hybridized carbons (Fsp3) is 0.211. The summed E-state index contributed by atoms with van der Waals surface area (Å²) in [6, 6.07) is 11.3. The van der Waals surface area contributed by atoms with E-state index in [1.165, 1.54) is 0 Å². The van der Waals surface area contributed by atoms with Gasteiger partial charge in [0.2, 0.25) is 0 Å². The Morgan fingerprint density at radius 2 is 1.88 bits per heavy atom. The lowest BCUT2D eigenvalue weighted by molar-refractivity contribution is 0.355. The molecule has 0 unspecified atom stereocenters. The first-order valence-electron chi connectivity index (χ1n) is 8.16. The molecule has 0 aliphatic carbocycles. The molecule has 1 aromatic heterocycles. The van der Waals surface area contributed by atoms with E-state index in [1.807, 2.05) is 35.0 Å². The zero-order valence-electron chi connectivity index (χ0n) is 14.3. The average molecular weight is 390 g/mol. The van der Waals surface area contributed by atoms with Crippen LogP contribution in [0.25, 0.3) is 16.9 Å².